The lowest BCUT2D eigenvalue weighted by Crippen LogP contribution is -2.46. The van der Waals surface area contributed by atoms with Crippen molar-refractivity contribution in [3.63, 3.8) is 0 Å². The van der Waals surface area contributed by atoms with Crippen molar-refractivity contribution >= 4 is 11.7 Å². The van der Waals surface area contributed by atoms with Crippen LogP contribution in [-0.4, -0.2) is 28.7 Å². The van der Waals surface area contributed by atoms with Gasteiger partial charge in [0.15, 0.2) is 5.82 Å². The van der Waals surface area contributed by atoms with Crippen molar-refractivity contribution in [1.29, 1.82) is 0 Å². The molecule has 1 aliphatic heterocycles. The Kier molecular flexibility index (Phi) is 4.23. The number of hydrogen-bond donors (Lipinski definition) is 1. The second-order valence-corrected chi connectivity index (χ2v) is 5.96. The zero-order valence-electron chi connectivity index (χ0n) is 12.9. The van der Waals surface area contributed by atoms with E-state index in [9.17, 15) is 9.18 Å². The van der Waals surface area contributed by atoms with E-state index in [0.717, 1.165) is 24.2 Å². The van der Waals surface area contributed by atoms with Crippen molar-refractivity contribution in [2.75, 3.05) is 11.4 Å². The SMILES string of the molecule is CC1CCC(C(N)=O)CN1c1ccc(-c2ccc(F)cc2)nn1. The number of rotatable bonds is 3. The average molecular weight is 314 g/mol. The first-order valence-corrected chi connectivity index (χ1v) is 7.70. The summed E-state index contributed by atoms with van der Waals surface area (Å²) < 4.78 is 13.0. The summed E-state index contributed by atoms with van der Waals surface area (Å²) >= 11 is 0. The molecule has 1 saturated heterocycles. The minimum atomic E-state index is -0.280. The molecule has 23 heavy (non-hydrogen) atoms. The molecular weight excluding hydrogens is 295 g/mol. The number of benzene rings is 1. The number of anilines is 1. The van der Waals surface area contributed by atoms with Gasteiger partial charge in [-0.25, -0.2) is 4.39 Å². The number of carbonyl (C=O) groups is 1. The number of piperidine rings is 1. The number of carbonyl (C=O) groups excluding carboxylic acids is 1. The Bertz CT molecular complexity index is 687. The van der Waals surface area contributed by atoms with Gasteiger partial charge in [0, 0.05) is 18.2 Å². The van der Waals surface area contributed by atoms with Crippen LogP contribution in [0.25, 0.3) is 11.3 Å². The van der Waals surface area contributed by atoms with Crippen LogP contribution >= 0.6 is 0 Å². The van der Waals surface area contributed by atoms with E-state index in [2.05, 4.69) is 22.0 Å². The van der Waals surface area contributed by atoms with Gasteiger partial charge in [-0.15, -0.1) is 10.2 Å². The Balaban J connectivity index is 1.80. The quantitative estimate of drug-likeness (QED) is 0.944. The van der Waals surface area contributed by atoms with Crippen molar-refractivity contribution in [2.24, 2.45) is 11.7 Å². The molecule has 0 aliphatic carbocycles. The predicted octanol–water partition coefficient (Wildman–Crippen LogP) is 2.37. The Morgan fingerprint density at radius 1 is 1.17 bits per heavy atom. The zero-order chi connectivity index (χ0) is 16.4. The molecule has 1 aromatic heterocycles. The molecule has 2 aromatic rings. The van der Waals surface area contributed by atoms with E-state index in [1.807, 2.05) is 12.1 Å². The third-order valence-electron chi connectivity index (χ3n) is 4.37. The van der Waals surface area contributed by atoms with Crippen LogP contribution in [0.3, 0.4) is 0 Å². The molecular formula is C17H19FN4O. The maximum atomic E-state index is 13.0. The average Bonchev–Trinajstić information content (AvgIpc) is 2.56. The molecule has 0 saturated carbocycles. The number of primary amides is 1. The number of aromatic nitrogens is 2. The molecule has 3 rings (SSSR count). The fourth-order valence-corrected chi connectivity index (χ4v) is 2.91. The maximum Gasteiger partial charge on any atom is 0.222 e. The number of amides is 1. The second-order valence-electron chi connectivity index (χ2n) is 5.96. The van der Waals surface area contributed by atoms with Crippen LogP contribution in [0, 0.1) is 11.7 Å². The van der Waals surface area contributed by atoms with Crippen molar-refractivity contribution in [2.45, 2.75) is 25.8 Å². The minimum absolute atomic E-state index is 0.148. The highest BCUT2D eigenvalue weighted by atomic mass is 19.1. The van der Waals surface area contributed by atoms with Gasteiger partial charge in [-0.05, 0) is 56.2 Å². The zero-order valence-corrected chi connectivity index (χ0v) is 12.9. The lowest BCUT2D eigenvalue weighted by Gasteiger charge is -2.37. The summed E-state index contributed by atoms with van der Waals surface area (Å²) in [5, 5.41) is 8.50. The first kappa shape index (κ1) is 15.4. The van der Waals surface area contributed by atoms with Crippen LogP contribution in [0.5, 0.6) is 0 Å². The third-order valence-corrected chi connectivity index (χ3v) is 4.37. The molecule has 0 radical (unpaired) electrons. The third kappa shape index (κ3) is 3.31. The molecule has 2 N–H and O–H groups in total. The van der Waals surface area contributed by atoms with Gasteiger partial charge in [0.1, 0.15) is 5.82 Å². The topological polar surface area (TPSA) is 72.1 Å². The van der Waals surface area contributed by atoms with Crippen LogP contribution < -0.4 is 10.6 Å². The van der Waals surface area contributed by atoms with Crippen LogP contribution in [0.15, 0.2) is 36.4 Å². The van der Waals surface area contributed by atoms with Crippen LogP contribution in [0.2, 0.25) is 0 Å². The summed E-state index contributed by atoms with van der Waals surface area (Å²) in [7, 11) is 0. The molecule has 2 heterocycles. The molecule has 120 valence electrons. The highest BCUT2D eigenvalue weighted by molar-refractivity contribution is 5.77. The molecule has 1 aromatic carbocycles. The summed E-state index contributed by atoms with van der Waals surface area (Å²) in [6, 6.07) is 10.2. The van der Waals surface area contributed by atoms with Gasteiger partial charge in [0.2, 0.25) is 5.91 Å². The highest BCUT2D eigenvalue weighted by Gasteiger charge is 2.29. The Morgan fingerprint density at radius 3 is 2.52 bits per heavy atom. The van der Waals surface area contributed by atoms with Gasteiger partial charge in [0.05, 0.1) is 11.6 Å². The summed E-state index contributed by atoms with van der Waals surface area (Å²) in [5.74, 6) is 0.0369. The molecule has 2 atom stereocenters. The molecule has 5 nitrogen and oxygen atoms in total. The van der Waals surface area contributed by atoms with E-state index in [1.165, 1.54) is 12.1 Å². The maximum absolute atomic E-state index is 13.0. The van der Waals surface area contributed by atoms with Gasteiger partial charge in [-0.1, -0.05) is 0 Å². The first-order valence-electron chi connectivity index (χ1n) is 7.70. The smallest absolute Gasteiger partial charge is 0.222 e. The van der Waals surface area contributed by atoms with E-state index in [0.29, 0.717) is 12.2 Å². The molecule has 2 unspecified atom stereocenters. The van der Waals surface area contributed by atoms with Gasteiger partial charge in [0.25, 0.3) is 0 Å². The van der Waals surface area contributed by atoms with Crippen LogP contribution in [0.1, 0.15) is 19.8 Å². The number of hydrogen-bond acceptors (Lipinski definition) is 4. The lowest BCUT2D eigenvalue weighted by molar-refractivity contribution is -0.122. The lowest BCUT2D eigenvalue weighted by atomic mass is 9.93. The van der Waals surface area contributed by atoms with Gasteiger partial charge < -0.3 is 10.6 Å². The molecule has 1 fully saturated rings. The second kappa shape index (κ2) is 6.32. The van der Waals surface area contributed by atoms with E-state index in [4.69, 9.17) is 5.73 Å². The summed E-state index contributed by atoms with van der Waals surface area (Å²) in [6.07, 6.45) is 1.71. The van der Waals surface area contributed by atoms with Gasteiger partial charge >= 0.3 is 0 Å². The predicted molar refractivity (Wildman–Crippen MR) is 86.2 cm³/mol. The first-order chi connectivity index (χ1) is 11.0. The monoisotopic (exact) mass is 314 g/mol. The molecule has 1 aliphatic rings. The normalized spacial score (nSPS) is 21.2. The van der Waals surface area contributed by atoms with Crippen LogP contribution in [0.4, 0.5) is 10.2 Å². The molecule has 6 heteroatoms. The number of halogens is 1. The number of nitrogens with two attached hydrogens (primary N) is 1. The van der Waals surface area contributed by atoms with Crippen molar-refractivity contribution in [3.8, 4) is 11.3 Å². The Morgan fingerprint density at radius 2 is 1.91 bits per heavy atom. The van der Waals surface area contributed by atoms with Gasteiger partial charge in [-0.2, -0.15) is 0 Å². The van der Waals surface area contributed by atoms with Gasteiger partial charge in [-0.3, -0.25) is 4.79 Å². The summed E-state index contributed by atoms with van der Waals surface area (Å²) in [6.45, 7) is 2.67. The Labute approximate surface area is 134 Å². The molecule has 0 bridgehead atoms. The van der Waals surface area contributed by atoms with Crippen molar-refractivity contribution in [1.82, 2.24) is 10.2 Å². The van der Waals surface area contributed by atoms with E-state index in [1.54, 1.807) is 12.1 Å². The summed E-state index contributed by atoms with van der Waals surface area (Å²) in [5.41, 5.74) is 6.93. The fourth-order valence-electron chi connectivity index (χ4n) is 2.91. The van der Waals surface area contributed by atoms with E-state index < -0.39 is 0 Å². The molecule has 0 spiro atoms. The van der Waals surface area contributed by atoms with E-state index >= 15 is 0 Å². The van der Waals surface area contributed by atoms with Crippen molar-refractivity contribution < 1.29 is 9.18 Å². The highest BCUT2D eigenvalue weighted by Crippen LogP contribution is 2.27. The van der Waals surface area contributed by atoms with E-state index in [-0.39, 0.29) is 23.7 Å². The van der Waals surface area contributed by atoms with Crippen LogP contribution in [-0.2, 0) is 4.79 Å². The Hall–Kier alpha value is -2.50. The summed E-state index contributed by atoms with van der Waals surface area (Å²) in [4.78, 5) is 13.5. The minimum Gasteiger partial charge on any atom is -0.369 e. The van der Waals surface area contributed by atoms with Crippen molar-refractivity contribution in [3.05, 3.63) is 42.2 Å². The standard InChI is InChI=1S/C17H19FN4O/c1-11-2-3-13(17(19)23)10-22(11)16-9-8-15(20-21-16)12-4-6-14(18)7-5-12/h4-9,11,13H,2-3,10H2,1H3,(H2,19,23). The largest absolute Gasteiger partial charge is 0.369 e. The molecule has 1 amide bonds. The number of nitrogens with zero attached hydrogens (tertiary/aromatic N) is 3. The fraction of sp³-hybridized carbons (Fsp3) is 0.353.